The van der Waals surface area contributed by atoms with Crippen LogP contribution in [0, 0.1) is 0 Å². The van der Waals surface area contributed by atoms with Crippen molar-refractivity contribution >= 4 is 17.6 Å². The normalized spacial score (nSPS) is 10.0. The summed E-state index contributed by atoms with van der Waals surface area (Å²) in [5, 5.41) is 0.450. The van der Waals surface area contributed by atoms with Crippen LogP contribution in [0.1, 0.15) is 15.9 Å². The second kappa shape index (κ2) is 6.20. The van der Waals surface area contributed by atoms with Gasteiger partial charge >= 0.3 is 5.97 Å². The molecule has 0 aliphatic rings. The Hall–Kier alpha value is -2.07. The molecular weight excluding hydrogens is 266 g/mol. The molecule has 0 radical (unpaired) electrons. The van der Waals surface area contributed by atoms with Gasteiger partial charge in [0, 0.05) is 11.8 Å². The van der Waals surface area contributed by atoms with Crippen molar-refractivity contribution in [3.63, 3.8) is 0 Å². The van der Waals surface area contributed by atoms with E-state index < -0.39 is 0 Å². The molecule has 0 atom stereocenters. The van der Waals surface area contributed by atoms with Crippen LogP contribution in [-0.4, -0.2) is 18.1 Å². The van der Waals surface area contributed by atoms with Gasteiger partial charge in [0.2, 0.25) is 0 Å². The Kier molecular flexibility index (Phi) is 4.36. The predicted octanol–water partition coefficient (Wildman–Crippen LogP) is 3.10. The number of pyridine rings is 1. The lowest BCUT2D eigenvalue weighted by atomic mass is 10.2. The van der Waals surface area contributed by atoms with Gasteiger partial charge in [0.1, 0.15) is 17.5 Å². The molecule has 1 aromatic heterocycles. The third-order valence-electron chi connectivity index (χ3n) is 2.47. The summed E-state index contributed by atoms with van der Waals surface area (Å²) in [5.74, 6) is 0.302. The summed E-state index contributed by atoms with van der Waals surface area (Å²) >= 11 is 5.69. The number of esters is 1. The fourth-order valence-corrected chi connectivity index (χ4v) is 1.58. The molecule has 2 aromatic rings. The fraction of sp³-hybridized carbons (Fsp3) is 0.143. The quantitative estimate of drug-likeness (QED) is 0.636. The molecule has 0 amide bonds. The van der Waals surface area contributed by atoms with E-state index in [-0.39, 0.29) is 5.97 Å². The number of rotatable bonds is 4. The number of aromatic nitrogens is 1. The molecule has 0 saturated carbocycles. The summed E-state index contributed by atoms with van der Waals surface area (Å²) in [5.41, 5.74) is 1.41. The van der Waals surface area contributed by atoms with Crippen LogP contribution >= 0.6 is 11.6 Å². The number of halogens is 1. The second-order valence-electron chi connectivity index (χ2n) is 3.79. The Morgan fingerprint density at radius 3 is 2.53 bits per heavy atom. The van der Waals surface area contributed by atoms with Gasteiger partial charge < -0.3 is 9.47 Å². The van der Waals surface area contributed by atoms with E-state index in [1.807, 2.05) is 6.07 Å². The number of methoxy groups -OCH3 is 1. The van der Waals surface area contributed by atoms with Crippen molar-refractivity contribution in [2.24, 2.45) is 0 Å². The average Bonchev–Trinajstić information content (AvgIpc) is 2.46. The zero-order chi connectivity index (χ0) is 13.7. The van der Waals surface area contributed by atoms with Crippen LogP contribution in [0.3, 0.4) is 0 Å². The van der Waals surface area contributed by atoms with Crippen LogP contribution in [0.2, 0.25) is 5.15 Å². The summed E-state index contributed by atoms with van der Waals surface area (Å²) in [4.78, 5) is 15.2. The van der Waals surface area contributed by atoms with E-state index in [1.165, 1.54) is 7.11 Å². The topological polar surface area (TPSA) is 48.4 Å². The van der Waals surface area contributed by atoms with Gasteiger partial charge in [0.25, 0.3) is 0 Å². The number of ether oxygens (including phenoxy) is 2. The highest BCUT2D eigenvalue weighted by molar-refractivity contribution is 6.29. The Balaban J connectivity index is 1.96. The van der Waals surface area contributed by atoms with Gasteiger partial charge in [-0.3, -0.25) is 0 Å². The molecule has 1 aromatic carbocycles. The van der Waals surface area contributed by atoms with E-state index in [1.54, 1.807) is 36.5 Å². The van der Waals surface area contributed by atoms with Crippen molar-refractivity contribution in [3.8, 4) is 5.75 Å². The van der Waals surface area contributed by atoms with E-state index in [9.17, 15) is 4.79 Å². The van der Waals surface area contributed by atoms with Crippen molar-refractivity contribution < 1.29 is 14.3 Å². The summed E-state index contributed by atoms with van der Waals surface area (Å²) in [7, 11) is 1.35. The SMILES string of the molecule is COC(=O)c1ccc(OCc2ccc(Cl)nc2)cc1. The van der Waals surface area contributed by atoms with Gasteiger partial charge in [-0.15, -0.1) is 0 Å². The smallest absolute Gasteiger partial charge is 0.337 e. The van der Waals surface area contributed by atoms with Gasteiger partial charge in [0.15, 0.2) is 0 Å². The number of hydrogen-bond donors (Lipinski definition) is 0. The molecule has 19 heavy (non-hydrogen) atoms. The minimum atomic E-state index is -0.367. The molecule has 0 spiro atoms. The Morgan fingerprint density at radius 1 is 1.21 bits per heavy atom. The van der Waals surface area contributed by atoms with Gasteiger partial charge in [0.05, 0.1) is 12.7 Å². The van der Waals surface area contributed by atoms with Crippen molar-refractivity contribution in [3.05, 3.63) is 58.9 Å². The lowest BCUT2D eigenvalue weighted by Crippen LogP contribution is -2.01. The highest BCUT2D eigenvalue weighted by atomic mass is 35.5. The number of benzene rings is 1. The van der Waals surface area contributed by atoms with Crippen molar-refractivity contribution in [1.82, 2.24) is 4.98 Å². The molecule has 5 heteroatoms. The molecule has 98 valence electrons. The Morgan fingerprint density at radius 2 is 1.95 bits per heavy atom. The summed E-state index contributed by atoms with van der Waals surface area (Å²) in [6.07, 6.45) is 1.66. The standard InChI is InChI=1S/C14H12ClNO3/c1-18-14(17)11-3-5-12(6-4-11)19-9-10-2-7-13(15)16-8-10/h2-8H,9H2,1H3. The van der Waals surface area contributed by atoms with Gasteiger partial charge in [-0.05, 0) is 30.3 Å². The van der Waals surface area contributed by atoms with Crippen LogP contribution in [0.4, 0.5) is 0 Å². The first-order valence-corrected chi connectivity index (χ1v) is 5.98. The first-order chi connectivity index (χ1) is 9.19. The van der Waals surface area contributed by atoms with Gasteiger partial charge in [-0.1, -0.05) is 17.7 Å². The van der Waals surface area contributed by atoms with Crippen LogP contribution in [0.15, 0.2) is 42.6 Å². The maximum Gasteiger partial charge on any atom is 0.337 e. The molecule has 0 unspecified atom stereocenters. The van der Waals surface area contributed by atoms with Crippen molar-refractivity contribution in [1.29, 1.82) is 0 Å². The molecule has 1 heterocycles. The summed E-state index contributed by atoms with van der Waals surface area (Å²) in [6.45, 7) is 0.391. The summed E-state index contributed by atoms with van der Waals surface area (Å²) in [6, 6.07) is 10.3. The number of carbonyl (C=O) groups is 1. The molecule has 0 N–H and O–H groups in total. The van der Waals surface area contributed by atoms with Gasteiger partial charge in [-0.2, -0.15) is 0 Å². The monoisotopic (exact) mass is 277 g/mol. The minimum Gasteiger partial charge on any atom is -0.489 e. The molecule has 2 rings (SSSR count). The number of carbonyl (C=O) groups excluding carboxylic acids is 1. The third-order valence-corrected chi connectivity index (χ3v) is 2.69. The summed E-state index contributed by atoms with van der Waals surface area (Å²) < 4.78 is 10.2. The van der Waals surface area contributed by atoms with E-state index >= 15 is 0 Å². The maximum atomic E-state index is 11.3. The highest BCUT2D eigenvalue weighted by Crippen LogP contribution is 2.15. The Bertz CT molecular complexity index is 552. The molecule has 0 aliphatic heterocycles. The molecule has 0 aliphatic carbocycles. The zero-order valence-corrected chi connectivity index (χ0v) is 11.1. The lowest BCUT2D eigenvalue weighted by Gasteiger charge is -2.06. The van der Waals surface area contributed by atoms with E-state index in [0.29, 0.717) is 23.1 Å². The Labute approximate surface area is 115 Å². The lowest BCUT2D eigenvalue weighted by molar-refractivity contribution is 0.0600. The molecule has 0 bridgehead atoms. The fourth-order valence-electron chi connectivity index (χ4n) is 1.46. The number of hydrogen-bond acceptors (Lipinski definition) is 4. The van der Waals surface area contributed by atoms with Crippen LogP contribution in [0.25, 0.3) is 0 Å². The van der Waals surface area contributed by atoms with Crippen LogP contribution < -0.4 is 4.74 Å². The molecule has 0 saturated heterocycles. The highest BCUT2D eigenvalue weighted by Gasteiger charge is 2.04. The molecule has 0 fully saturated rings. The third kappa shape index (κ3) is 3.69. The van der Waals surface area contributed by atoms with E-state index in [0.717, 1.165) is 5.56 Å². The van der Waals surface area contributed by atoms with E-state index in [2.05, 4.69) is 9.72 Å². The maximum absolute atomic E-state index is 11.3. The molecule has 4 nitrogen and oxygen atoms in total. The van der Waals surface area contributed by atoms with Crippen molar-refractivity contribution in [2.75, 3.05) is 7.11 Å². The van der Waals surface area contributed by atoms with Crippen LogP contribution in [-0.2, 0) is 11.3 Å². The average molecular weight is 278 g/mol. The zero-order valence-electron chi connectivity index (χ0n) is 10.3. The predicted molar refractivity (Wildman–Crippen MR) is 71.4 cm³/mol. The van der Waals surface area contributed by atoms with E-state index in [4.69, 9.17) is 16.3 Å². The number of nitrogens with zero attached hydrogens (tertiary/aromatic N) is 1. The largest absolute Gasteiger partial charge is 0.489 e. The minimum absolute atomic E-state index is 0.367. The van der Waals surface area contributed by atoms with Crippen molar-refractivity contribution in [2.45, 2.75) is 6.61 Å². The van der Waals surface area contributed by atoms with Crippen LogP contribution in [0.5, 0.6) is 5.75 Å². The molecular formula is C14H12ClNO3. The second-order valence-corrected chi connectivity index (χ2v) is 4.18. The first-order valence-electron chi connectivity index (χ1n) is 5.60. The van der Waals surface area contributed by atoms with Gasteiger partial charge in [-0.25, -0.2) is 9.78 Å². The first kappa shape index (κ1) is 13.4.